The first-order valence-electron chi connectivity index (χ1n) is 12.3. The molecule has 0 aliphatic rings. The number of imidazole rings is 1. The van der Waals surface area contributed by atoms with E-state index in [0.717, 1.165) is 18.4 Å². The van der Waals surface area contributed by atoms with Crippen LogP contribution in [0.5, 0.6) is 5.75 Å². The van der Waals surface area contributed by atoms with Gasteiger partial charge >= 0.3 is 0 Å². The van der Waals surface area contributed by atoms with Crippen LogP contribution in [0.2, 0.25) is 0 Å². The fourth-order valence-electron chi connectivity index (χ4n) is 4.12. The highest BCUT2D eigenvalue weighted by Gasteiger charge is 2.19. The Hall–Kier alpha value is -5.02. The Kier molecular flexibility index (Phi) is 8.26. The predicted molar refractivity (Wildman–Crippen MR) is 155 cm³/mol. The number of hydrogen-bond acceptors (Lipinski definition) is 8. The SMILES string of the molecule is [C-]#[N+]c1ccc2nc(C)n(-c3nc(Nc4cc(NC(=O)C=C)c(N(C)CCN(C)C)cc4OC)ncc3F)c2c1. The highest BCUT2D eigenvalue weighted by atomic mass is 19.1. The van der Waals surface area contributed by atoms with Crippen LogP contribution in [-0.2, 0) is 4.79 Å². The van der Waals surface area contributed by atoms with Crippen LogP contribution in [0.15, 0.2) is 49.2 Å². The Balaban J connectivity index is 1.77. The zero-order valence-electron chi connectivity index (χ0n) is 23.0. The van der Waals surface area contributed by atoms with Crippen molar-refractivity contribution in [1.82, 2.24) is 24.4 Å². The Morgan fingerprint density at radius 2 is 1.98 bits per heavy atom. The van der Waals surface area contributed by atoms with E-state index < -0.39 is 5.82 Å². The van der Waals surface area contributed by atoms with E-state index in [1.165, 1.54) is 13.2 Å². The average molecular weight is 544 g/mol. The molecular weight excluding hydrogens is 513 g/mol. The number of carbonyl (C=O) groups excluding carboxylic acids is 1. The molecule has 0 unspecified atom stereocenters. The first-order valence-corrected chi connectivity index (χ1v) is 12.3. The van der Waals surface area contributed by atoms with Gasteiger partial charge in [-0.3, -0.25) is 9.36 Å². The molecule has 4 rings (SSSR count). The number of likely N-dealkylation sites (N-methyl/N-ethyl adjacent to an activating group) is 2. The van der Waals surface area contributed by atoms with Crippen LogP contribution in [0.1, 0.15) is 5.82 Å². The summed E-state index contributed by atoms with van der Waals surface area (Å²) in [6.07, 6.45) is 2.25. The van der Waals surface area contributed by atoms with Crippen LogP contribution in [0.25, 0.3) is 21.7 Å². The minimum Gasteiger partial charge on any atom is -0.494 e. The number of methoxy groups -OCH3 is 1. The molecule has 0 bridgehead atoms. The molecule has 2 heterocycles. The molecule has 0 radical (unpaired) electrons. The van der Waals surface area contributed by atoms with Gasteiger partial charge in [0.15, 0.2) is 17.3 Å². The zero-order chi connectivity index (χ0) is 29.0. The van der Waals surface area contributed by atoms with Crippen molar-refractivity contribution in [2.75, 3.05) is 56.9 Å². The van der Waals surface area contributed by atoms with Crippen molar-refractivity contribution in [1.29, 1.82) is 0 Å². The van der Waals surface area contributed by atoms with E-state index in [9.17, 15) is 4.79 Å². The second kappa shape index (κ2) is 11.8. The van der Waals surface area contributed by atoms with Gasteiger partial charge in [-0.05, 0) is 45.3 Å². The number of ether oxygens (including phenoxy) is 1. The molecular formula is C28H30FN9O2. The molecule has 12 heteroatoms. The van der Waals surface area contributed by atoms with E-state index in [4.69, 9.17) is 11.3 Å². The third kappa shape index (κ3) is 5.84. The van der Waals surface area contributed by atoms with Gasteiger partial charge in [-0.2, -0.15) is 4.98 Å². The third-order valence-electron chi connectivity index (χ3n) is 6.17. The lowest BCUT2D eigenvalue weighted by atomic mass is 10.2. The highest BCUT2D eigenvalue weighted by Crippen LogP contribution is 2.38. The van der Waals surface area contributed by atoms with Crippen molar-refractivity contribution in [3.63, 3.8) is 0 Å². The lowest BCUT2D eigenvalue weighted by molar-refractivity contribution is -0.111. The van der Waals surface area contributed by atoms with Crippen molar-refractivity contribution >= 4 is 45.6 Å². The van der Waals surface area contributed by atoms with Crippen molar-refractivity contribution in [3.05, 3.63) is 72.2 Å². The normalized spacial score (nSPS) is 10.8. The lowest BCUT2D eigenvalue weighted by Crippen LogP contribution is -2.29. The summed E-state index contributed by atoms with van der Waals surface area (Å²) in [4.78, 5) is 32.8. The summed E-state index contributed by atoms with van der Waals surface area (Å²) in [7, 11) is 7.41. The van der Waals surface area contributed by atoms with E-state index in [0.29, 0.717) is 46.2 Å². The number of halogens is 1. The number of rotatable bonds is 10. The van der Waals surface area contributed by atoms with Crippen LogP contribution in [0.4, 0.5) is 33.1 Å². The van der Waals surface area contributed by atoms with E-state index in [1.54, 1.807) is 41.8 Å². The average Bonchev–Trinajstić information content (AvgIpc) is 3.27. The Morgan fingerprint density at radius 1 is 1.20 bits per heavy atom. The summed E-state index contributed by atoms with van der Waals surface area (Å²) in [5.74, 6) is -0.0165. The Bertz CT molecular complexity index is 1620. The molecule has 1 amide bonds. The van der Waals surface area contributed by atoms with E-state index in [-0.39, 0.29) is 17.7 Å². The molecule has 0 aliphatic heterocycles. The molecule has 2 aromatic heterocycles. The van der Waals surface area contributed by atoms with Crippen molar-refractivity contribution in [2.45, 2.75) is 6.92 Å². The lowest BCUT2D eigenvalue weighted by Gasteiger charge is -2.26. The summed E-state index contributed by atoms with van der Waals surface area (Å²) in [5.41, 5.74) is 3.25. The molecule has 0 saturated carbocycles. The van der Waals surface area contributed by atoms with E-state index in [2.05, 4.69) is 41.9 Å². The van der Waals surface area contributed by atoms with Crippen LogP contribution in [-0.4, -0.2) is 71.7 Å². The maximum Gasteiger partial charge on any atom is 0.247 e. The fraction of sp³-hybridized carbons (Fsp3) is 0.250. The van der Waals surface area contributed by atoms with Crippen molar-refractivity contribution in [3.8, 4) is 11.6 Å². The molecule has 4 aromatic rings. The van der Waals surface area contributed by atoms with Crippen LogP contribution >= 0.6 is 0 Å². The number of carbonyl (C=O) groups is 1. The molecule has 2 N–H and O–H groups in total. The van der Waals surface area contributed by atoms with Gasteiger partial charge in [-0.25, -0.2) is 19.2 Å². The van der Waals surface area contributed by atoms with Gasteiger partial charge in [0.25, 0.3) is 0 Å². The number of amides is 1. The number of aryl methyl sites for hydroxylation is 1. The number of benzene rings is 2. The summed E-state index contributed by atoms with van der Waals surface area (Å²) in [6.45, 7) is 14.1. The van der Waals surface area contributed by atoms with Crippen LogP contribution in [0.3, 0.4) is 0 Å². The van der Waals surface area contributed by atoms with Crippen molar-refractivity contribution < 1.29 is 13.9 Å². The minimum absolute atomic E-state index is 0.0289. The number of hydrogen-bond donors (Lipinski definition) is 2. The summed E-state index contributed by atoms with van der Waals surface area (Å²) >= 11 is 0. The molecule has 0 saturated heterocycles. The number of fused-ring (bicyclic) bond motifs is 1. The van der Waals surface area contributed by atoms with Gasteiger partial charge in [0.1, 0.15) is 11.6 Å². The molecule has 206 valence electrons. The Labute approximate surface area is 231 Å². The van der Waals surface area contributed by atoms with Gasteiger partial charge in [0, 0.05) is 26.2 Å². The number of nitrogens with zero attached hydrogens (tertiary/aromatic N) is 7. The second-order valence-corrected chi connectivity index (χ2v) is 9.26. The minimum atomic E-state index is -0.662. The van der Waals surface area contributed by atoms with Gasteiger partial charge in [0.2, 0.25) is 11.9 Å². The quantitative estimate of drug-likeness (QED) is 0.219. The van der Waals surface area contributed by atoms with Gasteiger partial charge in [0.05, 0.1) is 48.0 Å². The number of aromatic nitrogens is 4. The van der Waals surface area contributed by atoms with Gasteiger partial charge in [-0.1, -0.05) is 12.6 Å². The predicted octanol–water partition coefficient (Wildman–Crippen LogP) is 4.69. The van der Waals surface area contributed by atoms with Crippen LogP contribution in [0, 0.1) is 19.3 Å². The maximum absolute atomic E-state index is 15.1. The molecule has 2 aromatic carbocycles. The summed E-state index contributed by atoms with van der Waals surface area (Å²) in [5, 5.41) is 5.93. The first kappa shape index (κ1) is 28.0. The van der Waals surface area contributed by atoms with Gasteiger partial charge < -0.3 is 25.2 Å². The number of anilines is 4. The van der Waals surface area contributed by atoms with Crippen LogP contribution < -0.4 is 20.3 Å². The summed E-state index contributed by atoms with van der Waals surface area (Å²) in [6, 6.07) is 8.51. The molecule has 0 aliphatic carbocycles. The smallest absolute Gasteiger partial charge is 0.247 e. The zero-order valence-corrected chi connectivity index (χ0v) is 23.0. The van der Waals surface area contributed by atoms with E-state index >= 15 is 4.39 Å². The highest BCUT2D eigenvalue weighted by molar-refractivity contribution is 6.02. The van der Waals surface area contributed by atoms with E-state index in [1.807, 2.05) is 26.0 Å². The van der Waals surface area contributed by atoms with Gasteiger partial charge in [-0.15, -0.1) is 0 Å². The fourth-order valence-corrected chi connectivity index (χ4v) is 4.12. The molecule has 0 atom stereocenters. The number of nitrogens with one attached hydrogen (secondary N) is 2. The topological polar surface area (TPSA) is 105 Å². The third-order valence-corrected chi connectivity index (χ3v) is 6.17. The standard InChI is InChI=1S/C28H30FN9O2/c1-8-26(39)33-21-14-22(25(40-7)15-23(21)37(6)12-11-36(4)5)34-28-31-16-19(29)27(35-28)38-17(2)32-20-10-9-18(30-3)13-24(20)38/h8-10,13-16H,1,11-12H2,2,4-7H3,(H,33,39)(H,31,34,35). The largest absolute Gasteiger partial charge is 0.494 e. The molecule has 40 heavy (non-hydrogen) atoms. The maximum atomic E-state index is 15.1. The monoisotopic (exact) mass is 543 g/mol. The second-order valence-electron chi connectivity index (χ2n) is 9.26. The molecule has 11 nitrogen and oxygen atoms in total. The van der Waals surface area contributed by atoms with Crippen molar-refractivity contribution in [2.24, 2.45) is 0 Å². The molecule has 0 spiro atoms. The molecule has 0 fully saturated rings. The summed E-state index contributed by atoms with van der Waals surface area (Å²) < 4.78 is 22.3. The Morgan fingerprint density at radius 3 is 2.65 bits per heavy atom. The first-order chi connectivity index (χ1) is 19.1.